The fraction of sp³-hybridized carbons (Fsp3) is 0.0909. The number of halogens is 1. The van der Waals surface area contributed by atoms with E-state index in [1.165, 1.54) is 6.07 Å². The van der Waals surface area contributed by atoms with Gasteiger partial charge in [0.15, 0.2) is 0 Å². The molecule has 154 valence electrons. The Kier molecular flexibility index (Phi) is 5.96. The van der Waals surface area contributed by atoms with Crippen LogP contribution in [0.25, 0.3) is 22.2 Å². The molecule has 0 radical (unpaired) electrons. The molecule has 3 aromatic carbocycles. The van der Waals surface area contributed by atoms with Crippen molar-refractivity contribution in [1.29, 1.82) is 0 Å². The average Bonchev–Trinajstić information content (AvgIpc) is 3.09. The zero-order chi connectivity index (χ0) is 20.5. The van der Waals surface area contributed by atoms with Gasteiger partial charge in [-0.25, -0.2) is 4.79 Å². The number of fused-ring (bicyclic) bond motifs is 1. The summed E-state index contributed by atoms with van der Waals surface area (Å²) in [7, 11) is 1.61. The van der Waals surface area contributed by atoms with Crippen LogP contribution in [0.2, 0.25) is 5.02 Å². The standard InChI is InChI=1S/C22H17ClN2O4.H3N/c1-12-6-7-15(9-16(12)21(26)27)29-22-24-19-10-17(18(23)11-20(19)25-22)13-4-3-5-14(8-13)28-2;/h3-11H,1-2H3,(H,24,25)(H,26,27);1H3. The molecule has 1 heterocycles. The molecule has 1 aromatic heterocycles. The summed E-state index contributed by atoms with van der Waals surface area (Å²) in [6.07, 6.45) is 0. The van der Waals surface area contributed by atoms with E-state index >= 15 is 0 Å². The van der Waals surface area contributed by atoms with Crippen molar-refractivity contribution in [3.63, 3.8) is 0 Å². The quantitative estimate of drug-likeness (QED) is 0.368. The molecule has 5 N–H and O–H groups in total. The molecule has 0 atom stereocenters. The first kappa shape index (κ1) is 21.2. The van der Waals surface area contributed by atoms with Crippen molar-refractivity contribution >= 4 is 28.6 Å². The molecule has 0 saturated heterocycles. The van der Waals surface area contributed by atoms with Crippen LogP contribution in [0.4, 0.5) is 0 Å². The van der Waals surface area contributed by atoms with Crippen molar-refractivity contribution < 1.29 is 19.4 Å². The number of hydrogen-bond donors (Lipinski definition) is 3. The number of ether oxygens (including phenoxy) is 2. The summed E-state index contributed by atoms with van der Waals surface area (Å²) in [4.78, 5) is 18.8. The highest BCUT2D eigenvalue weighted by Gasteiger charge is 2.13. The van der Waals surface area contributed by atoms with E-state index in [1.54, 1.807) is 32.2 Å². The first-order chi connectivity index (χ1) is 13.9. The Morgan fingerprint density at radius 1 is 1.10 bits per heavy atom. The Hall–Kier alpha value is -3.55. The van der Waals surface area contributed by atoms with Gasteiger partial charge in [-0.05, 0) is 54.4 Å². The molecule has 4 rings (SSSR count). The van der Waals surface area contributed by atoms with Crippen molar-refractivity contribution in [2.45, 2.75) is 6.92 Å². The molecule has 0 spiro atoms. The Balaban J connectivity index is 0.00000256. The summed E-state index contributed by atoms with van der Waals surface area (Å²) in [6, 6.07) is 16.4. The summed E-state index contributed by atoms with van der Waals surface area (Å²) in [5, 5.41) is 9.83. The number of carboxylic acid groups (broad SMARTS) is 1. The van der Waals surface area contributed by atoms with Crippen LogP contribution in [-0.2, 0) is 0 Å². The van der Waals surface area contributed by atoms with E-state index in [2.05, 4.69) is 9.97 Å². The van der Waals surface area contributed by atoms with E-state index in [-0.39, 0.29) is 17.7 Å². The van der Waals surface area contributed by atoms with E-state index in [1.807, 2.05) is 30.3 Å². The smallest absolute Gasteiger partial charge is 0.336 e. The second kappa shape index (κ2) is 8.44. The highest BCUT2D eigenvalue weighted by Crippen LogP contribution is 2.34. The summed E-state index contributed by atoms with van der Waals surface area (Å²) >= 11 is 6.48. The van der Waals surface area contributed by atoms with Crippen LogP contribution >= 0.6 is 11.6 Å². The SMILES string of the molecule is COc1cccc(-c2cc3nc(Oc4ccc(C)c(C(=O)O)c4)[nH]c3cc2Cl)c1.N. The van der Waals surface area contributed by atoms with Crippen LogP contribution in [0, 0.1) is 6.92 Å². The highest BCUT2D eigenvalue weighted by molar-refractivity contribution is 6.34. The van der Waals surface area contributed by atoms with Gasteiger partial charge >= 0.3 is 5.97 Å². The number of carbonyl (C=O) groups is 1. The van der Waals surface area contributed by atoms with E-state index in [4.69, 9.17) is 21.1 Å². The third-order valence-corrected chi connectivity index (χ3v) is 4.90. The largest absolute Gasteiger partial charge is 0.497 e. The van der Waals surface area contributed by atoms with Gasteiger partial charge in [-0.1, -0.05) is 29.8 Å². The minimum atomic E-state index is -1.01. The lowest BCUT2D eigenvalue weighted by molar-refractivity contribution is 0.0695. The molecule has 0 amide bonds. The maximum atomic E-state index is 11.3. The van der Waals surface area contributed by atoms with Gasteiger partial charge in [-0.15, -0.1) is 0 Å². The van der Waals surface area contributed by atoms with E-state index < -0.39 is 5.97 Å². The summed E-state index contributed by atoms with van der Waals surface area (Å²) < 4.78 is 11.0. The van der Waals surface area contributed by atoms with Crippen molar-refractivity contribution in [2.24, 2.45) is 0 Å². The fourth-order valence-corrected chi connectivity index (χ4v) is 3.35. The van der Waals surface area contributed by atoms with Gasteiger partial charge in [-0.3, -0.25) is 0 Å². The zero-order valence-electron chi connectivity index (χ0n) is 16.4. The number of rotatable bonds is 5. The number of methoxy groups -OCH3 is 1. The van der Waals surface area contributed by atoms with Gasteiger partial charge in [0.1, 0.15) is 11.5 Å². The molecule has 0 aliphatic heterocycles. The van der Waals surface area contributed by atoms with Gasteiger partial charge in [0.05, 0.1) is 28.7 Å². The molecule has 0 aliphatic carbocycles. The maximum absolute atomic E-state index is 11.3. The Labute approximate surface area is 177 Å². The van der Waals surface area contributed by atoms with Gasteiger partial charge in [0, 0.05) is 5.56 Å². The molecule has 0 fully saturated rings. The number of nitrogens with zero attached hydrogens (tertiary/aromatic N) is 1. The molecule has 0 bridgehead atoms. The predicted molar refractivity (Wildman–Crippen MR) is 116 cm³/mol. The minimum absolute atomic E-state index is 0. The molecule has 0 unspecified atom stereocenters. The Morgan fingerprint density at radius 2 is 1.90 bits per heavy atom. The molecule has 0 aliphatic rings. The fourth-order valence-electron chi connectivity index (χ4n) is 3.07. The first-order valence-electron chi connectivity index (χ1n) is 8.80. The lowest BCUT2D eigenvalue weighted by Gasteiger charge is -2.06. The topological polar surface area (TPSA) is 119 Å². The molecule has 8 heteroatoms. The lowest BCUT2D eigenvalue weighted by atomic mass is 10.0. The zero-order valence-corrected chi connectivity index (χ0v) is 17.2. The number of nitrogens with one attached hydrogen (secondary N) is 1. The van der Waals surface area contributed by atoms with Gasteiger partial charge in [-0.2, -0.15) is 4.98 Å². The third-order valence-electron chi connectivity index (χ3n) is 4.58. The van der Waals surface area contributed by atoms with Crippen molar-refractivity contribution in [3.05, 3.63) is 70.7 Å². The number of hydrogen-bond acceptors (Lipinski definition) is 5. The van der Waals surface area contributed by atoms with E-state index in [0.717, 1.165) is 16.9 Å². The van der Waals surface area contributed by atoms with Crippen LogP contribution < -0.4 is 15.6 Å². The van der Waals surface area contributed by atoms with Gasteiger partial charge in [0.25, 0.3) is 6.01 Å². The number of imidazole rings is 1. The molecular weight excluding hydrogens is 406 g/mol. The average molecular weight is 426 g/mol. The van der Waals surface area contributed by atoms with Crippen LogP contribution in [0.1, 0.15) is 15.9 Å². The van der Waals surface area contributed by atoms with Gasteiger partial charge in [0.2, 0.25) is 0 Å². The summed E-state index contributed by atoms with van der Waals surface area (Å²) in [5.74, 6) is 0.108. The van der Waals surface area contributed by atoms with Crippen molar-refractivity contribution in [1.82, 2.24) is 16.1 Å². The highest BCUT2D eigenvalue weighted by atomic mass is 35.5. The molecule has 7 nitrogen and oxygen atoms in total. The van der Waals surface area contributed by atoms with E-state index in [0.29, 0.717) is 27.4 Å². The molecule has 4 aromatic rings. The summed E-state index contributed by atoms with van der Waals surface area (Å²) in [5.41, 5.74) is 3.95. The summed E-state index contributed by atoms with van der Waals surface area (Å²) in [6.45, 7) is 1.73. The van der Waals surface area contributed by atoms with Crippen LogP contribution in [0.15, 0.2) is 54.6 Å². The number of aryl methyl sites for hydroxylation is 1. The van der Waals surface area contributed by atoms with Crippen LogP contribution in [0.5, 0.6) is 17.5 Å². The molecule has 30 heavy (non-hydrogen) atoms. The van der Waals surface area contributed by atoms with Crippen LogP contribution in [-0.4, -0.2) is 28.2 Å². The van der Waals surface area contributed by atoms with Crippen LogP contribution in [0.3, 0.4) is 0 Å². The second-order valence-corrected chi connectivity index (χ2v) is 6.91. The van der Waals surface area contributed by atoms with E-state index in [9.17, 15) is 9.90 Å². The third kappa shape index (κ3) is 4.07. The normalized spacial score (nSPS) is 10.5. The Morgan fingerprint density at radius 3 is 2.63 bits per heavy atom. The molecular formula is C22H20ClN3O4. The lowest BCUT2D eigenvalue weighted by Crippen LogP contribution is -2.00. The number of carboxylic acids is 1. The first-order valence-corrected chi connectivity index (χ1v) is 9.18. The van der Waals surface area contributed by atoms with Gasteiger partial charge < -0.3 is 25.7 Å². The maximum Gasteiger partial charge on any atom is 0.336 e. The number of H-pyrrole nitrogens is 1. The van der Waals surface area contributed by atoms with Crippen molar-refractivity contribution in [2.75, 3.05) is 7.11 Å². The van der Waals surface area contributed by atoms with Crippen molar-refractivity contribution in [3.8, 4) is 28.6 Å². The Bertz CT molecular complexity index is 1240. The number of benzene rings is 3. The second-order valence-electron chi connectivity index (χ2n) is 6.51. The number of aromatic amines is 1. The number of aromatic carboxylic acids is 1. The number of aromatic nitrogens is 2. The monoisotopic (exact) mass is 425 g/mol. The predicted octanol–water partition coefficient (Wildman–Crippen LogP) is 5.85. The minimum Gasteiger partial charge on any atom is -0.497 e. The molecule has 0 saturated carbocycles.